The quantitative estimate of drug-likeness (QED) is 0.834. The average Bonchev–Trinajstić information content (AvgIpc) is 2.85. The molecule has 2 amide bonds. The highest BCUT2D eigenvalue weighted by Crippen LogP contribution is 2.27. The molecule has 2 fully saturated rings. The molecule has 0 radical (unpaired) electrons. The topological polar surface area (TPSA) is 70.4 Å². The zero-order valence-corrected chi connectivity index (χ0v) is 11.5. The summed E-state index contributed by atoms with van der Waals surface area (Å²) in [4.78, 5) is 14.0. The fourth-order valence-electron chi connectivity index (χ4n) is 3.02. The molecule has 0 aliphatic carbocycles. The van der Waals surface area contributed by atoms with Crippen molar-refractivity contribution in [3.05, 3.63) is 17.0 Å². The molecular weight excluding hydrogens is 244 g/mol. The van der Waals surface area contributed by atoms with Crippen molar-refractivity contribution in [2.45, 2.75) is 38.8 Å². The summed E-state index contributed by atoms with van der Waals surface area (Å²) >= 11 is 0. The monoisotopic (exact) mass is 264 g/mol. The predicted molar refractivity (Wildman–Crippen MR) is 69.8 cm³/mol. The van der Waals surface area contributed by atoms with E-state index in [1.54, 1.807) is 0 Å². The molecule has 1 spiro atoms. The molecular formula is C13H20N4O2. The van der Waals surface area contributed by atoms with Crippen molar-refractivity contribution in [3.8, 4) is 0 Å². The van der Waals surface area contributed by atoms with Crippen molar-refractivity contribution in [2.75, 3.05) is 19.6 Å². The van der Waals surface area contributed by atoms with Gasteiger partial charge in [-0.3, -0.25) is 0 Å². The summed E-state index contributed by atoms with van der Waals surface area (Å²) in [6.07, 6.45) is 1.99. The molecule has 3 heterocycles. The number of hydrogen-bond donors (Lipinski definition) is 2. The lowest BCUT2D eigenvalue weighted by molar-refractivity contribution is 0.214. The molecule has 6 nitrogen and oxygen atoms in total. The van der Waals surface area contributed by atoms with Gasteiger partial charge in [0.05, 0.1) is 17.8 Å². The Balaban J connectivity index is 1.74. The highest BCUT2D eigenvalue weighted by atomic mass is 16.5. The van der Waals surface area contributed by atoms with Crippen molar-refractivity contribution in [1.82, 2.24) is 20.7 Å². The van der Waals surface area contributed by atoms with E-state index in [1.807, 2.05) is 18.7 Å². The number of nitrogens with zero attached hydrogens (tertiary/aromatic N) is 2. The summed E-state index contributed by atoms with van der Waals surface area (Å²) in [5.41, 5.74) is 1.86. The molecule has 1 aromatic rings. The van der Waals surface area contributed by atoms with E-state index in [9.17, 15) is 4.79 Å². The minimum absolute atomic E-state index is 0.0295. The van der Waals surface area contributed by atoms with Gasteiger partial charge < -0.3 is 20.1 Å². The molecule has 19 heavy (non-hydrogen) atoms. The minimum Gasteiger partial charge on any atom is -0.361 e. The number of amides is 2. The van der Waals surface area contributed by atoms with E-state index in [0.717, 1.165) is 49.5 Å². The van der Waals surface area contributed by atoms with Gasteiger partial charge in [0.25, 0.3) is 0 Å². The largest absolute Gasteiger partial charge is 0.361 e. The van der Waals surface area contributed by atoms with Crippen molar-refractivity contribution in [2.24, 2.45) is 0 Å². The van der Waals surface area contributed by atoms with Crippen LogP contribution in [0.25, 0.3) is 0 Å². The summed E-state index contributed by atoms with van der Waals surface area (Å²) in [6.45, 7) is 7.11. The number of rotatable bonds is 2. The van der Waals surface area contributed by atoms with Crippen molar-refractivity contribution in [3.63, 3.8) is 0 Å². The van der Waals surface area contributed by atoms with Crippen LogP contribution in [0.1, 0.15) is 29.9 Å². The molecule has 2 aliphatic heterocycles. The first-order chi connectivity index (χ1) is 9.10. The van der Waals surface area contributed by atoms with Gasteiger partial charge in [-0.1, -0.05) is 5.16 Å². The van der Waals surface area contributed by atoms with Crippen molar-refractivity contribution in [1.29, 1.82) is 0 Å². The predicted octanol–water partition coefficient (Wildman–Crippen LogP) is 0.939. The number of aromatic nitrogens is 1. The van der Waals surface area contributed by atoms with Gasteiger partial charge in [0, 0.05) is 12.1 Å². The first kappa shape index (κ1) is 12.5. The van der Waals surface area contributed by atoms with Crippen LogP contribution in [-0.4, -0.2) is 41.3 Å². The summed E-state index contributed by atoms with van der Waals surface area (Å²) in [7, 11) is 0. The zero-order valence-electron chi connectivity index (χ0n) is 11.5. The molecule has 104 valence electrons. The van der Waals surface area contributed by atoms with Crippen LogP contribution < -0.4 is 10.6 Å². The number of carbonyl (C=O) groups excluding carboxylic acids is 1. The Morgan fingerprint density at radius 2 is 2.11 bits per heavy atom. The summed E-state index contributed by atoms with van der Waals surface area (Å²) in [6, 6.07) is 0.0295. The van der Waals surface area contributed by atoms with Crippen LogP contribution in [0.3, 0.4) is 0 Å². The van der Waals surface area contributed by atoms with Crippen molar-refractivity contribution < 1.29 is 9.32 Å². The van der Waals surface area contributed by atoms with E-state index in [1.165, 1.54) is 0 Å². The van der Waals surface area contributed by atoms with E-state index < -0.39 is 0 Å². The van der Waals surface area contributed by atoms with E-state index in [4.69, 9.17) is 4.52 Å². The minimum atomic E-state index is -0.0404. The SMILES string of the molecule is Cc1noc(C)c1CN1CC2(CCNCC2)NC1=O. The second-order valence-corrected chi connectivity index (χ2v) is 5.62. The van der Waals surface area contributed by atoms with E-state index >= 15 is 0 Å². The number of piperidine rings is 1. The second-order valence-electron chi connectivity index (χ2n) is 5.62. The van der Waals surface area contributed by atoms with Crippen LogP contribution >= 0.6 is 0 Å². The van der Waals surface area contributed by atoms with E-state index in [0.29, 0.717) is 6.54 Å². The van der Waals surface area contributed by atoms with Crippen LogP contribution in [0.5, 0.6) is 0 Å². The Morgan fingerprint density at radius 3 is 2.74 bits per heavy atom. The molecule has 2 saturated heterocycles. The van der Waals surface area contributed by atoms with Gasteiger partial charge in [0.15, 0.2) is 0 Å². The number of urea groups is 1. The number of hydrogen-bond acceptors (Lipinski definition) is 4. The van der Waals surface area contributed by atoms with Crippen molar-refractivity contribution >= 4 is 6.03 Å². The Labute approximate surface area is 112 Å². The molecule has 0 unspecified atom stereocenters. The third-order valence-electron chi connectivity index (χ3n) is 4.24. The zero-order chi connectivity index (χ0) is 13.5. The molecule has 6 heteroatoms. The lowest BCUT2D eigenvalue weighted by Gasteiger charge is -2.33. The maximum atomic E-state index is 12.1. The van der Waals surface area contributed by atoms with Gasteiger partial charge in [0.1, 0.15) is 5.76 Å². The molecule has 2 aliphatic rings. The second kappa shape index (κ2) is 4.52. The Kier molecular flexibility index (Phi) is 2.97. The number of aryl methyl sites for hydroxylation is 2. The van der Waals surface area contributed by atoms with Gasteiger partial charge in [-0.2, -0.15) is 0 Å². The summed E-state index contributed by atoms with van der Waals surface area (Å²) in [5, 5.41) is 10.4. The molecule has 0 bridgehead atoms. The van der Waals surface area contributed by atoms with Crippen LogP contribution in [0.2, 0.25) is 0 Å². The van der Waals surface area contributed by atoms with E-state index in [-0.39, 0.29) is 11.6 Å². The van der Waals surface area contributed by atoms with Gasteiger partial charge in [-0.25, -0.2) is 4.79 Å². The Bertz CT molecular complexity index is 471. The number of carbonyl (C=O) groups is 1. The normalized spacial score (nSPS) is 22.0. The maximum Gasteiger partial charge on any atom is 0.318 e. The van der Waals surface area contributed by atoms with Gasteiger partial charge in [-0.05, 0) is 39.8 Å². The fraction of sp³-hybridized carbons (Fsp3) is 0.692. The first-order valence-electron chi connectivity index (χ1n) is 6.79. The molecule has 3 rings (SSSR count). The van der Waals surface area contributed by atoms with Gasteiger partial charge in [-0.15, -0.1) is 0 Å². The molecule has 0 atom stereocenters. The fourth-order valence-corrected chi connectivity index (χ4v) is 3.02. The third-order valence-corrected chi connectivity index (χ3v) is 4.24. The molecule has 0 aromatic carbocycles. The Hall–Kier alpha value is -1.56. The first-order valence-corrected chi connectivity index (χ1v) is 6.79. The third kappa shape index (κ3) is 2.20. The highest BCUT2D eigenvalue weighted by Gasteiger charge is 2.43. The Morgan fingerprint density at radius 1 is 1.37 bits per heavy atom. The van der Waals surface area contributed by atoms with Crippen LogP contribution in [-0.2, 0) is 6.54 Å². The smallest absolute Gasteiger partial charge is 0.318 e. The van der Waals surface area contributed by atoms with Crippen LogP contribution in [0.15, 0.2) is 4.52 Å². The van der Waals surface area contributed by atoms with Gasteiger partial charge in [0.2, 0.25) is 0 Å². The lowest BCUT2D eigenvalue weighted by Crippen LogP contribution is -2.51. The highest BCUT2D eigenvalue weighted by molar-refractivity contribution is 5.78. The van der Waals surface area contributed by atoms with Crippen LogP contribution in [0.4, 0.5) is 4.79 Å². The van der Waals surface area contributed by atoms with Crippen LogP contribution in [0, 0.1) is 13.8 Å². The number of nitrogens with one attached hydrogen (secondary N) is 2. The average molecular weight is 264 g/mol. The maximum absolute atomic E-state index is 12.1. The molecule has 0 saturated carbocycles. The summed E-state index contributed by atoms with van der Waals surface area (Å²) in [5.74, 6) is 0.802. The molecule has 1 aromatic heterocycles. The van der Waals surface area contributed by atoms with Gasteiger partial charge >= 0.3 is 6.03 Å². The lowest BCUT2D eigenvalue weighted by atomic mass is 9.89. The standard InChI is InChI=1S/C13H20N4O2/c1-9-11(10(2)19-16-9)7-17-8-13(15-12(17)18)3-5-14-6-4-13/h14H,3-8H2,1-2H3,(H,15,18). The molecule has 2 N–H and O–H groups in total. The summed E-state index contributed by atoms with van der Waals surface area (Å²) < 4.78 is 5.16. The van der Waals surface area contributed by atoms with E-state index in [2.05, 4.69) is 15.8 Å².